The van der Waals surface area contributed by atoms with Crippen molar-refractivity contribution in [3.63, 3.8) is 0 Å². The first-order chi connectivity index (χ1) is 11.0. The van der Waals surface area contributed by atoms with Crippen LogP contribution in [0, 0.1) is 11.2 Å². The number of aliphatic hydroxyl groups is 1. The lowest BCUT2D eigenvalue weighted by molar-refractivity contribution is 0.436. The predicted octanol–water partition coefficient (Wildman–Crippen LogP) is 4.15. The molecule has 1 heterocycles. The van der Waals surface area contributed by atoms with E-state index in [1.54, 1.807) is 26.0 Å². The number of nitrogens with one attached hydrogen (secondary N) is 1. The van der Waals surface area contributed by atoms with E-state index in [0.29, 0.717) is 18.6 Å². The molecule has 0 unspecified atom stereocenters. The van der Waals surface area contributed by atoms with E-state index in [9.17, 15) is 9.50 Å². The van der Waals surface area contributed by atoms with Crippen LogP contribution >= 0.6 is 0 Å². The summed E-state index contributed by atoms with van der Waals surface area (Å²) in [5, 5.41) is 17.8. The lowest BCUT2D eigenvalue weighted by Crippen LogP contribution is -2.02. The van der Waals surface area contributed by atoms with Crippen molar-refractivity contribution in [2.75, 3.05) is 0 Å². The molecule has 0 spiro atoms. The van der Waals surface area contributed by atoms with Crippen LogP contribution in [0.5, 0.6) is 0 Å². The average Bonchev–Trinajstić information content (AvgIpc) is 3.01. The second-order valence-electron chi connectivity index (χ2n) is 4.85. The molecule has 0 radical (unpaired) electrons. The molecule has 1 aromatic carbocycles. The van der Waals surface area contributed by atoms with Gasteiger partial charge in [-0.15, -0.1) is 0 Å². The maximum Gasteiger partial charge on any atom is 0.249 e. The quantitative estimate of drug-likeness (QED) is 0.620. The fraction of sp³-hybridized carbons (Fsp3) is 0.235. The smallest absolute Gasteiger partial charge is 0.249 e. The Morgan fingerprint density at radius 3 is 2.70 bits per heavy atom. The number of aliphatic hydroxyl groups excluding tert-OH is 1. The topological polar surface area (TPSA) is 82.5 Å². The Labute approximate surface area is 133 Å². The van der Waals surface area contributed by atoms with Gasteiger partial charge < -0.3 is 14.9 Å². The van der Waals surface area contributed by atoms with E-state index in [1.807, 2.05) is 0 Å². The van der Waals surface area contributed by atoms with Gasteiger partial charge >= 0.3 is 0 Å². The van der Waals surface area contributed by atoms with Crippen LogP contribution in [0.15, 0.2) is 45.6 Å². The molecule has 0 fully saturated rings. The van der Waals surface area contributed by atoms with Crippen molar-refractivity contribution in [1.82, 2.24) is 4.98 Å². The number of aromatic nitrogens is 1. The molecular formula is C17H18FN3O2. The summed E-state index contributed by atoms with van der Waals surface area (Å²) in [5.41, 5.74) is 1.07. The van der Waals surface area contributed by atoms with Gasteiger partial charge in [-0.05, 0) is 31.0 Å². The molecule has 2 N–H and O–H groups in total. The van der Waals surface area contributed by atoms with E-state index >= 15 is 0 Å². The van der Waals surface area contributed by atoms with E-state index in [0.717, 1.165) is 5.56 Å². The molecule has 0 aliphatic carbocycles. The zero-order valence-corrected chi connectivity index (χ0v) is 13.0. The Balaban J connectivity index is 2.28. The maximum atomic E-state index is 12.9. The van der Waals surface area contributed by atoms with Crippen LogP contribution in [0.3, 0.4) is 0 Å². The lowest BCUT2D eigenvalue weighted by atomic mass is 10.1. The molecule has 0 bridgehead atoms. The first kappa shape index (κ1) is 16.6. The molecule has 120 valence electrons. The number of aliphatic imine (C=N–C) groups is 1. The number of rotatable bonds is 6. The number of hydrogen-bond acceptors (Lipinski definition) is 5. The summed E-state index contributed by atoms with van der Waals surface area (Å²) in [5.74, 6) is 0.167. The van der Waals surface area contributed by atoms with Crippen LogP contribution in [0.2, 0.25) is 0 Å². The number of oxazole rings is 1. The molecule has 2 aromatic rings. The minimum atomic E-state index is -0.294. The minimum Gasteiger partial charge on any atom is -0.504 e. The molecule has 2 rings (SSSR count). The maximum absolute atomic E-state index is 12.9. The summed E-state index contributed by atoms with van der Waals surface area (Å²) >= 11 is 0. The third-order valence-electron chi connectivity index (χ3n) is 3.17. The van der Waals surface area contributed by atoms with Gasteiger partial charge in [0.25, 0.3) is 0 Å². The highest BCUT2D eigenvalue weighted by Gasteiger charge is 2.16. The van der Waals surface area contributed by atoms with E-state index in [2.05, 4.69) is 9.98 Å². The molecule has 1 aromatic heterocycles. The zero-order valence-electron chi connectivity index (χ0n) is 13.0. The summed E-state index contributed by atoms with van der Waals surface area (Å²) in [7, 11) is 0. The first-order valence-corrected chi connectivity index (χ1v) is 7.24. The van der Waals surface area contributed by atoms with E-state index in [-0.39, 0.29) is 28.9 Å². The second-order valence-corrected chi connectivity index (χ2v) is 4.85. The van der Waals surface area contributed by atoms with Crippen LogP contribution in [-0.2, 0) is 6.42 Å². The van der Waals surface area contributed by atoms with Gasteiger partial charge in [-0.2, -0.15) is 0 Å². The van der Waals surface area contributed by atoms with Crippen molar-refractivity contribution in [1.29, 1.82) is 5.41 Å². The van der Waals surface area contributed by atoms with Gasteiger partial charge in [0.2, 0.25) is 5.89 Å². The van der Waals surface area contributed by atoms with E-state index in [1.165, 1.54) is 24.5 Å². The summed E-state index contributed by atoms with van der Waals surface area (Å²) < 4.78 is 18.5. The largest absolute Gasteiger partial charge is 0.504 e. The standard InChI is InChI=1S/C17H18FN3O2/c1-3-14(19)16(22)15(20-4-2)17-21-10-13(23-17)9-11-5-7-12(18)8-6-11/h4-8,10,19,22H,3,9H2,1-2H3/b16-15+,19-14?,20-4?. The van der Waals surface area contributed by atoms with Crippen molar-refractivity contribution in [2.45, 2.75) is 26.7 Å². The fourth-order valence-electron chi connectivity index (χ4n) is 1.96. The van der Waals surface area contributed by atoms with Crippen molar-refractivity contribution in [3.05, 3.63) is 59.3 Å². The SMILES string of the molecule is CC=N/C(=C(/O)C(=N)CC)c1ncc(Cc2ccc(F)cc2)o1. The molecule has 0 aliphatic heterocycles. The van der Waals surface area contributed by atoms with E-state index < -0.39 is 0 Å². The highest BCUT2D eigenvalue weighted by Crippen LogP contribution is 2.21. The lowest BCUT2D eigenvalue weighted by Gasteiger charge is -2.03. The van der Waals surface area contributed by atoms with Gasteiger partial charge in [0.1, 0.15) is 11.6 Å². The molecule has 0 saturated heterocycles. The predicted molar refractivity (Wildman–Crippen MR) is 87.4 cm³/mol. The Bertz CT molecular complexity index is 745. The normalized spacial score (nSPS) is 12.5. The number of allylic oxidation sites excluding steroid dienone is 1. The molecule has 5 nitrogen and oxygen atoms in total. The van der Waals surface area contributed by atoms with Gasteiger partial charge in [0.05, 0.1) is 11.9 Å². The Hall–Kier alpha value is -2.76. The van der Waals surface area contributed by atoms with Crippen molar-refractivity contribution in [2.24, 2.45) is 4.99 Å². The van der Waals surface area contributed by atoms with Crippen LogP contribution in [-0.4, -0.2) is 22.0 Å². The second kappa shape index (κ2) is 7.49. The molecule has 0 saturated carbocycles. The van der Waals surface area contributed by atoms with Crippen LogP contribution in [0.4, 0.5) is 4.39 Å². The Kier molecular flexibility index (Phi) is 5.41. The van der Waals surface area contributed by atoms with Crippen LogP contribution < -0.4 is 0 Å². The Morgan fingerprint density at radius 2 is 2.09 bits per heavy atom. The molecular weight excluding hydrogens is 297 g/mol. The minimum absolute atomic E-state index is 0.0592. The van der Waals surface area contributed by atoms with Crippen LogP contribution in [0.25, 0.3) is 5.70 Å². The third-order valence-corrected chi connectivity index (χ3v) is 3.17. The zero-order chi connectivity index (χ0) is 16.8. The summed E-state index contributed by atoms with van der Waals surface area (Å²) in [6.07, 6.45) is 3.85. The van der Waals surface area contributed by atoms with Crippen molar-refractivity contribution < 1.29 is 13.9 Å². The van der Waals surface area contributed by atoms with Crippen LogP contribution in [0.1, 0.15) is 37.5 Å². The highest BCUT2D eigenvalue weighted by molar-refractivity contribution is 6.01. The van der Waals surface area contributed by atoms with Gasteiger partial charge in [0.15, 0.2) is 11.5 Å². The van der Waals surface area contributed by atoms with Gasteiger partial charge in [0, 0.05) is 12.6 Å². The summed E-state index contributed by atoms with van der Waals surface area (Å²) in [6, 6.07) is 6.10. The molecule has 6 heteroatoms. The molecule has 0 aliphatic rings. The molecule has 0 atom stereocenters. The number of halogens is 1. The number of benzene rings is 1. The average molecular weight is 315 g/mol. The van der Waals surface area contributed by atoms with Crippen molar-refractivity contribution in [3.8, 4) is 0 Å². The third kappa shape index (κ3) is 4.12. The molecule has 23 heavy (non-hydrogen) atoms. The Morgan fingerprint density at radius 1 is 1.39 bits per heavy atom. The monoisotopic (exact) mass is 315 g/mol. The van der Waals surface area contributed by atoms with Gasteiger partial charge in [-0.3, -0.25) is 4.99 Å². The van der Waals surface area contributed by atoms with E-state index in [4.69, 9.17) is 9.83 Å². The number of nitrogens with zero attached hydrogens (tertiary/aromatic N) is 2. The fourth-order valence-corrected chi connectivity index (χ4v) is 1.96. The van der Waals surface area contributed by atoms with Crippen molar-refractivity contribution >= 4 is 17.6 Å². The summed E-state index contributed by atoms with van der Waals surface area (Å²) in [4.78, 5) is 8.17. The highest BCUT2D eigenvalue weighted by atomic mass is 19.1. The molecule has 0 amide bonds. The first-order valence-electron chi connectivity index (χ1n) is 7.24. The van der Waals surface area contributed by atoms with Gasteiger partial charge in [-0.1, -0.05) is 19.1 Å². The summed E-state index contributed by atoms with van der Waals surface area (Å²) in [6.45, 7) is 3.46. The van der Waals surface area contributed by atoms with Gasteiger partial charge in [-0.25, -0.2) is 9.37 Å². The number of hydrogen-bond donors (Lipinski definition) is 2.